The van der Waals surface area contributed by atoms with E-state index in [0.29, 0.717) is 0 Å². The first kappa shape index (κ1) is 14.2. The van der Waals surface area contributed by atoms with E-state index in [1.54, 1.807) is 0 Å². The predicted molar refractivity (Wildman–Crippen MR) is 86.5 cm³/mol. The first-order chi connectivity index (χ1) is 9.78. The Hall–Kier alpha value is -0.730. The lowest BCUT2D eigenvalue weighted by molar-refractivity contribution is 0.318. The van der Waals surface area contributed by atoms with Gasteiger partial charge in [-0.3, -0.25) is 0 Å². The lowest BCUT2D eigenvalue weighted by Crippen LogP contribution is -2.33. The molecule has 2 nitrogen and oxygen atoms in total. The van der Waals surface area contributed by atoms with E-state index in [2.05, 4.69) is 29.3 Å². The minimum absolute atomic E-state index is 0.739. The number of hydrogen-bond donors (Lipinski definition) is 1. The molecule has 3 heteroatoms. The van der Waals surface area contributed by atoms with Crippen LogP contribution in [0.4, 0.5) is 5.69 Å². The Bertz CT molecular complexity index is 452. The van der Waals surface area contributed by atoms with Crippen molar-refractivity contribution in [3.63, 3.8) is 0 Å². The SMILES string of the molecule is CCN(CC1CCC1)c1c(Cl)cccc1CNC1CC1. The topological polar surface area (TPSA) is 15.3 Å². The van der Waals surface area contributed by atoms with E-state index in [4.69, 9.17) is 11.6 Å². The fourth-order valence-electron chi connectivity index (χ4n) is 2.96. The summed E-state index contributed by atoms with van der Waals surface area (Å²) < 4.78 is 0. The van der Waals surface area contributed by atoms with Crippen molar-refractivity contribution in [2.24, 2.45) is 5.92 Å². The molecule has 20 heavy (non-hydrogen) atoms. The van der Waals surface area contributed by atoms with Crippen molar-refractivity contribution >= 4 is 17.3 Å². The van der Waals surface area contributed by atoms with Gasteiger partial charge in [0.1, 0.15) is 0 Å². The molecule has 0 atom stereocenters. The average molecular weight is 293 g/mol. The van der Waals surface area contributed by atoms with Crippen molar-refractivity contribution in [3.8, 4) is 0 Å². The van der Waals surface area contributed by atoms with E-state index in [1.807, 2.05) is 6.07 Å². The number of anilines is 1. The molecular weight excluding hydrogens is 268 g/mol. The van der Waals surface area contributed by atoms with Gasteiger partial charge < -0.3 is 10.2 Å². The van der Waals surface area contributed by atoms with E-state index < -0.39 is 0 Å². The Labute approximate surface area is 127 Å². The highest BCUT2D eigenvalue weighted by Crippen LogP contribution is 2.34. The van der Waals surface area contributed by atoms with Gasteiger partial charge in [-0.25, -0.2) is 0 Å². The van der Waals surface area contributed by atoms with Crippen molar-refractivity contribution in [1.29, 1.82) is 0 Å². The average Bonchev–Trinajstić information content (AvgIpc) is 3.21. The van der Waals surface area contributed by atoms with Crippen molar-refractivity contribution in [2.75, 3.05) is 18.0 Å². The Balaban J connectivity index is 1.76. The Morgan fingerprint density at radius 2 is 2.05 bits per heavy atom. The normalized spacial score (nSPS) is 18.9. The quantitative estimate of drug-likeness (QED) is 0.809. The summed E-state index contributed by atoms with van der Waals surface area (Å²) in [7, 11) is 0. The van der Waals surface area contributed by atoms with Crippen molar-refractivity contribution < 1.29 is 0 Å². The predicted octanol–water partition coefficient (Wildman–Crippen LogP) is 4.22. The third kappa shape index (κ3) is 3.29. The second-order valence-electron chi connectivity index (χ2n) is 6.24. The number of nitrogens with one attached hydrogen (secondary N) is 1. The van der Waals surface area contributed by atoms with Crippen LogP contribution in [-0.2, 0) is 6.54 Å². The Morgan fingerprint density at radius 3 is 2.65 bits per heavy atom. The molecule has 0 aromatic heterocycles. The minimum Gasteiger partial charge on any atom is -0.370 e. The van der Waals surface area contributed by atoms with Crippen LogP contribution < -0.4 is 10.2 Å². The van der Waals surface area contributed by atoms with E-state index in [-0.39, 0.29) is 0 Å². The first-order valence-electron chi connectivity index (χ1n) is 8.03. The molecule has 0 radical (unpaired) electrons. The molecule has 0 unspecified atom stereocenters. The zero-order valence-electron chi connectivity index (χ0n) is 12.4. The van der Waals surface area contributed by atoms with Crippen LogP contribution in [0.5, 0.6) is 0 Å². The standard InChI is InChI=1S/C17H25ClN2/c1-2-20(12-13-5-3-6-13)17-14(7-4-8-16(17)18)11-19-15-9-10-15/h4,7-8,13,15,19H,2-3,5-6,9-12H2,1H3. The summed E-state index contributed by atoms with van der Waals surface area (Å²) in [6, 6.07) is 7.07. The maximum atomic E-state index is 6.51. The molecule has 1 N–H and O–H groups in total. The molecule has 0 bridgehead atoms. The van der Waals surface area contributed by atoms with Crippen molar-refractivity contribution in [3.05, 3.63) is 28.8 Å². The summed E-state index contributed by atoms with van der Waals surface area (Å²) in [4.78, 5) is 2.48. The van der Waals surface area contributed by atoms with Gasteiger partial charge >= 0.3 is 0 Å². The zero-order chi connectivity index (χ0) is 13.9. The summed E-state index contributed by atoms with van der Waals surface area (Å²) >= 11 is 6.51. The summed E-state index contributed by atoms with van der Waals surface area (Å²) in [6.07, 6.45) is 6.83. The highest BCUT2D eigenvalue weighted by molar-refractivity contribution is 6.33. The van der Waals surface area contributed by atoms with Gasteiger partial charge in [-0.05, 0) is 50.2 Å². The molecule has 1 aromatic rings. The van der Waals surface area contributed by atoms with Gasteiger partial charge in [0.2, 0.25) is 0 Å². The van der Waals surface area contributed by atoms with Crippen LogP contribution in [0.1, 0.15) is 44.6 Å². The van der Waals surface area contributed by atoms with E-state index in [0.717, 1.165) is 36.6 Å². The molecular formula is C17H25ClN2. The number of hydrogen-bond acceptors (Lipinski definition) is 2. The van der Waals surface area contributed by atoms with E-state index >= 15 is 0 Å². The molecule has 2 aliphatic rings. The van der Waals surface area contributed by atoms with E-state index in [1.165, 1.54) is 43.4 Å². The summed E-state index contributed by atoms with van der Waals surface area (Å²) in [5, 5.41) is 4.52. The molecule has 1 aromatic carbocycles. The lowest BCUT2D eigenvalue weighted by Gasteiger charge is -2.34. The third-order valence-electron chi connectivity index (χ3n) is 4.63. The van der Waals surface area contributed by atoms with E-state index in [9.17, 15) is 0 Å². The Kier molecular flexibility index (Phi) is 4.52. The molecule has 0 saturated heterocycles. The van der Waals surface area contributed by atoms with Crippen LogP contribution in [0.2, 0.25) is 5.02 Å². The van der Waals surface area contributed by atoms with Gasteiger partial charge in [-0.15, -0.1) is 0 Å². The van der Waals surface area contributed by atoms with Crippen LogP contribution in [0, 0.1) is 5.92 Å². The Morgan fingerprint density at radius 1 is 1.25 bits per heavy atom. The number of benzene rings is 1. The molecule has 2 aliphatic carbocycles. The van der Waals surface area contributed by atoms with Gasteiger partial charge in [0.25, 0.3) is 0 Å². The van der Waals surface area contributed by atoms with Gasteiger partial charge in [0.15, 0.2) is 0 Å². The summed E-state index contributed by atoms with van der Waals surface area (Å²) in [5.41, 5.74) is 2.61. The van der Waals surface area contributed by atoms with Crippen LogP contribution in [0.25, 0.3) is 0 Å². The highest BCUT2D eigenvalue weighted by Gasteiger charge is 2.24. The number of rotatable bonds is 7. The number of halogens is 1. The van der Waals surface area contributed by atoms with Crippen LogP contribution >= 0.6 is 11.6 Å². The second kappa shape index (κ2) is 6.36. The fraction of sp³-hybridized carbons (Fsp3) is 0.647. The number of para-hydroxylation sites is 1. The van der Waals surface area contributed by atoms with Crippen LogP contribution in [-0.4, -0.2) is 19.1 Å². The molecule has 2 saturated carbocycles. The number of nitrogens with zero attached hydrogens (tertiary/aromatic N) is 1. The lowest BCUT2D eigenvalue weighted by atomic mass is 9.85. The minimum atomic E-state index is 0.739. The molecule has 2 fully saturated rings. The second-order valence-corrected chi connectivity index (χ2v) is 6.65. The molecule has 0 amide bonds. The van der Waals surface area contributed by atoms with Gasteiger partial charge in [0, 0.05) is 25.7 Å². The third-order valence-corrected chi connectivity index (χ3v) is 4.94. The van der Waals surface area contributed by atoms with Crippen LogP contribution in [0.15, 0.2) is 18.2 Å². The van der Waals surface area contributed by atoms with Crippen molar-refractivity contribution in [1.82, 2.24) is 5.32 Å². The fourth-order valence-corrected chi connectivity index (χ4v) is 3.28. The molecule has 0 aliphatic heterocycles. The van der Waals surface area contributed by atoms with Gasteiger partial charge in [0.05, 0.1) is 10.7 Å². The van der Waals surface area contributed by atoms with Gasteiger partial charge in [-0.2, -0.15) is 0 Å². The monoisotopic (exact) mass is 292 g/mol. The molecule has 0 heterocycles. The van der Waals surface area contributed by atoms with Crippen molar-refractivity contribution in [2.45, 2.75) is 51.6 Å². The molecule has 3 rings (SSSR count). The summed E-state index contributed by atoms with van der Waals surface area (Å²) in [5.74, 6) is 0.871. The zero-order valence-corrected chi connectivity index (χ0v) is 13.1. The summed E-state index contributed by atoms with van der Waals surface area (Å²) in [6.45, 7) is 5.38. The van der Waals surface area contributed by atoms with Gasteiger partial charge in [-0.1, -0.05) is 30.2 Å². The maximum absolute atomic E-state index is 6.51. The maximum Gasteiger partial charge on any atom is 0.0642 e. The first-order valence-corrected chi connectivity index (χ1v) is 8.41. The molecule has 110 valence electrons. The molecule has 0 spiro atoms. The smallest absolute Gasteiger partial charge is 0.0642 e. The highest BCUT2D eigenvalue weighted by atomic mass is 35.5. The van der Waals surface area contributed by atoms with Crippen LogP contribution in [0.3, 0.4) is 0 Å². The largest absolute Gasteiger partial charge is 0.370 e.